The average Bonchev–Trinajstić information content (AvgIpc) is 2.84. The molecule has 4 heteroatoms. The summed E-state index contributed by atoms with van der Waals surface area (Å²) in [6, 6.07) is 16.5. The number of halogens is 2. The predicted octanol–water partition coefficient (Wildman–Crippen LogP) is 0.956. The number of hydrogen-bond acceptors (Lipinski definition) is 0. The molecule has 0 aliphatic rings. The van der Waals surface area contributed by atoms with E-state index in [-0.39, 0.29) is 24.0 Å². The number of benzene rings is 2. The minimum atomic E-state index is 0. The topological polar surface area (TPSA) is 19.7 Å². The molecule has 0 saturated heterocycles. The van der Waals surface area contributed by atoms with Crippen molar-refractivity contribution in [3.8, 4) is 0 Å². The maximum absolute atomic E-state index is 6.57. The SMILES string of the molecule is C[n+]1c2ccccc2c(Cl)c2[nH]c3ccccc3c21.[I-]. The van der Waals surface area contributed by atoms with Crippen LogP contribution in [0.5, 0.6) is 0 Å². The number of aromatic amines is 1. The fourth-order valence-corrected chi connectivity index (χ4v) is 3.14. The zero-order valence-corrected chi connectivity index (χ0v) is 13.7. The lowest BCUT2D eigenvalue weighted by molar-refractivity contribution is -0.616. The Hall–Kier alpha value is -1.33. The maximum atomic E-state index is 6.57. The summed E-state index contributed by atoms with van der Waals surface area (Å²) >= 11 is 6.57. The zero-order chi connectivity index (χ0) is 13.0. The second-order valence-corrected chi connectivity index (χ2v) is 5.16. The van der Waals surface area contributed by atoms with Gasteiger partial charge in [-0.3, -0.25) is 0 Å². The van der Waals surface area contributed by atoms with Crippen molar-refractivity contribution in [2.24, 2.45) is 7.05 Å². The van der Waals surface area contributed by atoms with Gasteiger partial charge in [0.05, 0.1) is 21.3 Å². The highest BCUT2D eigenvalue weighted by Crippen LogP contribution is 2.32. The number of fused-ring (bicyclic) bond motifs is 4. The number of para-hydroxylation sites is 2. The largest absolute Gasteiger partial charge is 1.00 e. The van der Waals surface area contributed by atoms with Gasteiger partial charge in [0.1, 0.15) is 12.6 Å². The lowest BCUT2D eigenvalue weighted by Gasteiger charge is -2.01. The number of aryl methyl sites for hydroxylation is 1. The number of nitrogens with zero attached hydrogens (tertiary/aromatic N) is 1. The lowest BCUT2D eigenvalue weighted by Crippen LogP contribution is -3.00. The Balaban J connectivity index is 0.00000121. The Labute approximate surface area is 138 Å². The molecule has 2 aromatic carbocycles. The number of aromatic nitrogens is 2. The Morgan fingerprint density at radius 1 is 0.950 bits per heavy atom. The molecule has 20 heavy (non-hydrogen) atoms. The van der Waals surface area contributed by atoms with Crippen molar-refractivity contribution in [1.82, 2.24) is 4.98 Å². The van der Waals surface area contributed by atoms with E-state index in [2.05, 4.69) is 46.9 Å². The highest BCUT2D eigenvalue weighted by Gasteiger charge is 2.20. The van der Waals surface area contributed by atoms with Gasteiger partial charge in [0.25, 0.3) is 0 Å². The summed E-state index contributed by atoms with van der Waals surface area (Å²) in [5, 5.41) is 3.07. The third-order valence-electron chi connectivity index (χ3n) is 3.74. The lowest BCUT2D eigenvalue weighted by atomic mass is 10.1. The van der Waals surface area contributed by atoms with Gasteiger partial charge in [0.15, 0.2) is 0 Å². The monoisotopic (exact) mass is 394 g/mol. The van der Waals surface area contributed by atoms with Crippen molar-refractivity contribution in [2.45, 2.75) is 0 Å². The van der Waals surface area contributed by atoms with Gasteiger partial charge in [-0.15, -0.1) is 0 Å². The highest BCUT2D eigenvalue weighted by atomic mass is 127. The van der Waals surface area contributed by atoms with Crippen molar-refractivity contribution in [3.05, 3.63) is 53.6 Å². The van der Waals surface area contributed by atoms with Crippen LogP contribution in [-0.2, 0) is 7.05 Å². The smallest absolute Gasteiger partial charge is 0.240 e. The molecule has 0 radical (unpaired) electrons. The summed E-state index contributed by atoms with van der Waals surface area (Å²) in [7, 11) is 2.08. The molecule has 2 heterocycles. The quantitative estimate of drug-likeness (QED) is 0.339. The summed E-state index contributed by atoms with van der Waals surface area (Å²) in [6.07, 6.45) is 0. The van der Waals surface area contributed by atoms with Gasteiger partial charge in [-0.05, 0) is 18.2 Å². The van der Waals surface area contributed by atoms with Crippen molar-refractivity contribution in [3.63, 3.8) is 0 Å². The van der Waals surface area contributed by atoms with Crippen LogP contribution >= 0.6 is 11.6 Å². The minimum Gasteiger partial charge on any atom is -1.00 e. The van der Waals surface area contributed by atoms with E-state index in [1.54, 1.807) is 0 Å². The Morgan fingerprint density at radius 3 is 2.40 bits per heavy atom. The van der Waals surface area contributed by atoms with Gasteiger partial charge in [0.2, 0.25) is 11.0 Å². The molecule has 1 N–H and O–H groups in total. The van der Waals surface area contributed by atoms with Crippen LogP contribution in [0.25, 0.3) is 32.8 Å². The van der Waals surface area contributed by atoms with Crippen LogP contribution in [0.4, 0.5) is 0 Å². The molecule has 0 aliphatic carbocycles. The molecular weight excluding hydrogens is 383 g/mol. The van der Waals surface area contributed by atoms with Gasteiger partial charge in [-0.2, -0.15) is 4.57 Å². The third kappa shape index (κ3) is 1.73. The molecular formula is C16H12ClIN2. The molecule has 100 valence electrons. The van der Waals surface area contributed by atoms with Gasteiger partial charge in [-0.25, -0.2) is 0 Å². The molecule has 4 rings (SSSR count). The summed E-state index contributed by atoms with van der Waals surface area (Å²) in [5.41, 5.74) is 4.42. The average molecular weight is 395 g/mol. The van der Waals surface area contributed by atoms with E-state index < -0.39 is 0 Å². The number of nitrogens with one attached hydrogen (secondary N) is 1. The van der Waals surface area contributed by atoms with Crippen LogP contribution in [0.3, 0.4) is 0 Å². The molecule has 2 aromatic heterocycles. The molecule has 0 spiro atoms. The zero-order valence-electron chi connectivity index (χ0n) is 10.8. The second-order valence-electron chi connectivity index (χ2n) is 4.78. The van der Waals surface area contributed by atoms with Crippen molar-refractivity contribution < 1.29 is 28.5 Å². The summed E-state index contributed by atoms with van der Waals surface area (Å²) in [5.74, 6) is 0. The third-order valence-corrected chi connectivity index (χ3v) is 4.13. The van der Waals surface area contributed by atoms with E-state index in [4.69, 9.17) is 11.6 Å². The number of H-pyrrole nitrogens is 1. The maximum Gasteiger partial charge on any atom is 0.240 e. The molecule has 0 bridgehead atoms. The van der Waals surface area contributed by atoms with Crippen LogP contribution in [-0.4, -0.2) is 4.98 Å². The Morgan fingerprint density at radius 2 is 1.60 bits per heavy atom. The first kappa shape index (κ1) is 13.6. The van der Waals surface area contributed by atoms with Crippen LogP contribution in [0.15, 0.2) is 48.5 Å². The van der Waals surface area contributed by atoms with Crippen LogP contribution in [0.2, 0.25) is 5.02 Å². The van der Waals surface area contributed by atoms with Gasteiger partial charge in [0, 0.05) is 6.07 Å². The number of hydrogen-bond donors (Lipinski definition) is 1. The van der Waals surface area contributed by atoms with E-state index in [0.29, 0.717) is 0 Å². The van der Waals surface area contributed by atoms with Gasteiger partial charge >= 0.3 is 0 Å². The van der Waals surface area contributed by atoms with E-state index in [1.807, 2.05) is 18.2 Å². The van der Waals surface area contributed by atoms with Crippen molar-refractivity contribution in [2.75, 3.05) is 0 Å². The van der Waals surface area contributed by atoms with E-state index in [9.17, 15) is 0 Å². The Bertz CT molecular complexity index is 943. The van der Waals surface area contributed by atoms with E-state index in [0.717, 1.165) is 32.5 Å². The summed E-state index contributed by atoms with van der Waals surface area (Å²) < 4.78 is 2.20. The van der Waals surface area contributed by atoms with Crippen LogP contribution in [0.1, 0.15) is 0 Å². The van der Waals surface area contributed by atoms with Crippen molar-refractivity contribution in [1.29, 1.82) is 0 Å². The fraction of sp³-hybridized carbons (Fsp3) is 0.0625. The number of pyridine rings is 1. The Kier molecular flexibility index (Phi) is 3.34. The first-order valence-electron chi connectivity index (χ1n) is 6.24. The highest BCUT2D eigenvalue weighted by molar-refractivity contribution is 6.40. The standard InChI is InChI=1S/C16H11ClN2.HI/c1-19-13-9-5-3-7-11(13)14(17)15-16(19)10-6-2-4-8-12(10)18-15;/h2-9H,1H3;1H. The first-order valence-corrected chi connectivity index (χ1v) is 6.62. The van der Waals surface area contributed by atoms with Crippen molar-refractivity contribution >= 4 is 44.4 Å². The first-order chi connectivity index (χ1) is 9.27. The summed E-state index contributed by atoms with van der Waals surface area (Å²) in [6.45, 7) is 0. The molecule has 0 fully saturated rings. The fourth-order valence-electron chi connectivity index (χ4n) is 2.84. The van der Waals surface area contributed by atoms with Gasteiger partial charge in [-0.1, -0.05) is 35.9 Å². The van der Waals surface area contributed by atoms with E-state index >= 15 is 0 Å². The number of rotatable bonds is 0. The van der Waals surface area contributed by atoms with Crippen LogP contribution < -0.4 is 28.5 Å². The molecule has 0 saturated carbocycles. The minimum absolute atomic E-state index is 0. The molecule has 0 atom stereocenters. The molecule has 4 aromatic rings. The molecule has 0 unspecified atom stereocenters. The van der Waals surface area contributed by atoms with Crippen LogP contribution in [0, 0.1) is 0 Å². The molecule has 2 nitrogen and oxygen atoms in total. The van der Waals surface area contributed by atoms with Gasteiger partial charge < -0.3 is 29.0 Å². The second kappa shape index (κ2) is 4.90. The normalized spacial score (nSPS) is 11.1. The predicted molar refractivity (Wildman–Crippen MR) is 79.5 cm³/mol. The summed E-state index contributed by atoms with van der Waals surface area (Å²) in [4.78, 5) is 3.43. The molecule has 0 amide bonds. The van der Waals surface area contributed by atoms with E-state index in [1.165, 1.54) is 5.39 Å². The molecule has 0 aliphatic heterocycles.